The van der Waals surface area contributed by atoms with Gasteiger partial charge < -0.3 is 10.2 Å². The number of alkyl halides is 1. The minimum atomic E-state index is -1.26. The van der Waals surface area contributed by atoms with E-state index in [4.69, 9.17) is 0 Å². The first-order chi connectivity index (χ1) is 5.79. The summed E-state index contributed by atoms with van der Waals surface area (Å²) in [6.07, 6.45) is -0.229. The molecule has 0 bridgehead atoms. The summed E-state index contributed by atoms with van der Waals surface area (Å²) in [7, 11) is 0. The fourth-order valence-corrected chi connectivity index (χ4v) is 1.43. The third-order valence-corrected chi connectivity index (χ3v) is 2.63. The predicted octanol–water partition coefficient (Wildman–Crippen LogP) is -0.224. The SMILES string of the molecule is O=C(C(F)C1CNC1)N1CCC1. The predicted molar refractivity (Wildman–Crippen MR) is 42.5 cm³/mol. The van der Waals surface area contributed by atoms with Crippen molar-refractivity contribution in [3.63, 3.8) is 0 Å². The fraction of sp³-hybridized carbons (Fsp3) is 0.875. The van der Waals surface area contributed by atoms with Crippen LogP contribution in [-0.2, 0) is 4.79 Å². The largest absolute Gasteiger partial charge is 0.340 e. The topological polar surface area (TPSA) is 32.3 Å². The summed E-state index contributed by atoms with van der Waals surface area (Å²) >= 11 is 0. The second-order valence-corrected chi connectivity index (χ2v) is 3.50. The lowest BCUT2D eigenvalue weighted by Gasteiger charge is -2.36. The molecule has 1 atom stereocenters. The fourth-order valence-electron chi connectivity index (χ4n) is 1.43. The molecule has 2 rings (SSSR count). The van der Waals surface area contributed by atoms with Crippen molar-refractivity contribution in [2.45, 2.75) is 12.6 Å². The summed E-state index contributed by atoms with van der Waals surface area (Å²) < 4.78 is 13.3. The highest BCUT2D eigenvalue weighted by atomic mass is 19.1. The van der Waals surface area contributed by atoms with Gasteiger partial charge in [0.2, 0.25) is 0 Å². The van der Waals surface area contributed by atoms with Crippen molar-refractivity contribution < 1.29 is 9.18 Å². The van der Waals surface area contributed by atoms with Crippen molar-refractivity contribution in [2.75, 3.05) is 26.2 Å². The van der Waals surface area contributed by atoms with Gasteiger partial charge in [0.1, 0.15) is 0 Å². The molecule has 1 unspecified atom stereocenters. The van der Waals surface area contributed by atoms with Crippen LogP contribution >= 0.6 is 0 Å². The van der Waals surface area contributed by atoms with Crippen LogP contribution in [0.25, 0.3) is 0 Å². The Kier molecular flexibility index (Phi) is 2.00. The van der Waals surface area contributed by atoms with Gasteiger partial charge >= 0.3 is 0 Å². The highest BCUT2D eigenvalue weighted by Crippen LogP contribution is 2.18. The van der Waals surface area contributed by atoms with E-state index in [0.717, 1.165) is 19.5 Å². The highest BCUT2D eigenvalue weighted by molar-refractivity contribution is 5.81. The van der Waals surface area contributed by atoms with Crippen LogP contribution in [0.15, 0.2) is 0 Å². The molecule has 4 heteroatoms. The monoisotopic (exact) mass is 172 g/mol. The van der Waals surface area contributed by atoms with Gasteiger partial charge in [-0.15, -0.1) is 0 Å². The van der Waals surface area contributed by atoms with E-state index in [1.165, 1.54) is 0 Å². The number of likely N-dealkylation sites (tertiary alicyclic amines) is 1. The van der Waals surface area contributed by atoms with E-state index in [-0.39, 0.29) is 11.8 Å². The molecule has 0 radical (unpaired) electrons. The average molecular weight is 172 g/mol. The van der Waals surface area contributed by atoms with Crippen LogP contribution in [0.2, 0.25) is 0 Å². The Labute approximate surface area is 70.9 Å². The second-order valence-electron chi connectivity index (χ2n) is 3.50. The van der Waals surface area contributed by atoms with E-state index in [0.29, 0.717) is 13.1 Å². The van der Waals surface area contributed by atoms with E-state index in [2.05, 4.69) is 5.32 Å². The lowest BCUT2D eigenvalue weighted by atomic mass is 9.96. The summed E-state index contributed by atoms with van der Waals surface area (Å²) in [6, 6.07) is 0. The first-order valence-electron chi connectivity index (χ1n) is 4.42. The van der Waals surface area contributed by atoms with Crippen LogP contribution in [0.5, 0.6) is 0 Å². The van der Waals surface area contributed by atoms with Crippen molar-refractivity contribution in [1.29, 1.82) is 0 Å². The molecular weight excluding hydrogens is 159 g/mol. The molecule has 12 heavy (non-hydrogen) atoms. The Morgan fingerprint density at radius 1 is 1.50 bits per heavy atom. The number of carbonyl (C=O) groups is 1. The first-order valence-corrected chi connectivity index (χ1v) is 4.42. The first kappa shape index (κ1) is 7.98. The maximum Gasteiger partial charge on any atom is 0.257 e. The summed E-state index contributed by atoms with van der Waals surface area (Å²) in [5.41, 5.74) is 0. The Bertz CT molecular complexity index is 189. The van der Waals surface area contributed by atoms with Crippen LogP contribution in [-0.4, -0.2) is 43.2 Å². The molecule has 0 spiro atoms. The van der Waals surface area contributed by atoms with E-state index in [1.54, 1.807) is 4.90 Å². The molecule has 2 aliphatic heterocycles. The highest BCUT2D eigenvalue weighted by Gasteiger charge is 2.36. The zero-order valence-corrected chi connectivity index (χ0v) is 6.92. The van der Waals surface area contributed by atoms with Crippen molar-refractivity contribution in [3.8, 4) is 0 Å². The number of carbonyl (C=O) groups excluding carboxylic acids is 1. The van der Waals surface area contributed by atoms with Crippen LogP contribution in [0, 0.1) is 5.92 Å². The number of nitrogens with one attached hydrogen (secondary N) is 1. The standard InChI is InChI=1S/C8H13FN2O/c9-7(6-4-10-5-6)8(12)11-2-1-3-11/h6-7,10H,1-5H2. The van der Waals surface area contributed by atoms with Gasteiger partial charge in [0, 0.05) is 32.1 Å². The molecule has 0 saturated carbocycles. The number of amides is 1. The van der Waals surface area contributed by atoms with Gasteiger partial charge in [0.25, 0.3) is 5.91 Å². The third kappa shape index (κ3) is 1.20. The molecule has 2 saturated heterocycles. The third-order valence-electron chi connectivity index (χ3n) is 2.63. The van der Waals surface area contributed by atoms with Crippen molar-refractivity contribution in [2.24, 2.45) is 5.92 Å². The van der Waals surface area contributed by atoms with Gasteiger partial charge in [0.15, 0.2) is 6.17 Å². The van der Waals surface area contributed by atoms with Gasteiger partial charge in [-0.05, 0) is 6.42 Å². The Morgan fingerprint density at radius 3 is 2.50 bits per heavy atom. The normalized spacial score (nSPS) is 25.9. The van der Waals surface area contributed by atoms with Gasteiger partial charge in [-0.2, -0.15) is 0 Å². The van der Waals surface area contributed by atoms with Gasteiger partial charge in [-0.1, -0.05) is 0 Å². The van der Waals surface area contributed by atoms with Crippen molar-refractivity contribution in [3.05, 3.63) is 0 Å². The number of hydrogen-bond donors (Lipinski definition) is 1. The molecule has 2 fully saturated rings. The van der Waals surface area contributed by atoms with Crippen molar-refractivity contribution in [1.82, 2.24) is 10.2 Å². The van der Waals surface area contributed by atoms with Gasteiger partial charge in [0.05, 0.1) is 0 Å². The molecule has 0 aliphatic carbocycles. The Hall–Kier alpha value is -0.640. The molecule has 0 aromatic carbocycles. The maximum atomic E-state index is 13.3. The maximum absolute atomic E-state index is 13.3. The lowest BCUT2D eigenvalue weighted by molar-refractivity contribution is -0.142. The van der Waals surface area contributed by atoms with Crippen LogP contribution in [0.3, 0.4) is 0 Å². The van der Waals surface area contributed by atoms with Gasteiger partial charge in [-0.25, -0.2) is 4.39 Å². The molecule has 2 aliphatic rings. The molecular formula is C8H13FN2O. The Balaban J connectivity index is 1.84. The zero-order valence-electron chi connectivity index (χ0n) is 6.92. The lowest BCUT2D eigenvalue weighted by Crippen LogP contribution is -2.55. The molecule has 3 nitrogen and oxygen atoms in total. The molecule has 68 valence electrons. The molecule has 1 amide bonds. The van der Waals surface area contributed by atoms with E-state index in [9.17, 15) is 9.18 Å². The summed E-state index contributed by atoms with van der Waals surface area (Å²) in [5.74, 6) is -0.370. The quantitative estimate of drug-likeness (QED) is 0.624. The number of halogens is 1. The number of nitrogens with zero attached hydrogens (tertiary/aromatic N) is 1. The second kappa shape index (κ2) is 3.01. The summed E-state index contributed by atoms with van der Waals surface area (Å²) in [6.45, 7) is 2.81. The summed E-state index contributed by atoms with van der Waals surface area (Å²) in [5, 5.41) is 2.96. The molecule has 2 heterocycles. The molecule has 0 aromatic heterocycles. The number of hydrogen-bond acceptors (Lipinski definition) is 2. The van der Waals surface area contributed by atoms with E-state index < -0.39 is 6.17 Å². The summed E-state index contributed by atoms with van der Waals surface area (Å²) in [4.78, 5) is 12.9. The smallest absolute Gasteiger partial charge is 0.257 e. The van der Waals surface area contributed by atoms with Crippen LogP contribution in [0.4, 0.5) is 4.39 Å². The zero-order chi connectivity index (χ0) is 8.55. The molecule has 1 N–H and O–H groups in total. The van der Waals surface area contributed by atoms with E-state index >= 15 is 0 Å². The average Bonchev–Trinajstić information content (AvgIpc) is 1.79. The van der Waals surface area contributed by atoms with Crippen LogP contribution in [0.1, 0.15) is 6.42 Å². The van der Waals surface area contributed by atoms with Gasteiger partial charge in [-0.3, -0.25) is 4.79 Å². The van der Waals surface area contributed by atoms with Crippen LogP contribution < -0.4 is 5.32 Å². The van der Waals surface area contributed by atoms with E-state index in [1.807, 2.05) is 0 Å². The number of rotatable bonds is 2. The Morgan fingerprint density at radius 2 is 2.17 bits per heavy atom. The van der Waals surface area contributed by atoms with Crippen molar-refractivity contribution >= 4 is 5.91 Å². The minimum Gasteiger partial charge on any atom is -0.340 e. The molecule has 0 aromatic rings. The minimum absolute atomic E-state index is 0.0712.